The predicted octanol–water partition coefficient (Wildman–Crippen LogP) is 3.17. The van der Waals surface area contributed by atoms with Crippen molar-refractivity contribution in [2.75, 3.05) is 27.4 Å². The van der Waals surface area contributed by atoms with Gasteiger partial charge in [-0.1, -0.05) is 13.0 Å². The second-order valence-electron chi connectivity index (χ2n) is 5.57. The summed E-state index contributed by atoms with van der Waals surface area (Å²) in [6.07, 6.45) is 2.46. The number of hydrogen-bond acceptors (Lipinski definition) is 4. The van der Waals surface area contributed by atoms with E-state index in [0.29, 0.717) is 5.92 Å². The quantitative estimate of drug-likeness (QED) is 0.838. The van der Waals surface area contributed by atoms with Crippen molar-refractivity contribution in [3.05, 3.63) is 23.8 Å². The van der Waals surface area contributed by atoms with Crippen molar-refractivity contribution >= 4 is 0 Å². The summed E-state index contributed by atoms with van der Waals surface area (Å²) >= 11 is 0. The molecule has 0 radical (unpaired) electrons. The van der Waals surface area contributed by atoms with Crippen molar-refractivity contribution in [3.8, 4) is 11.5 Å². The van der Waals surface area contributed by atoms with Crippen LogP contribution in [0.3, 0.4) is 0 Å². The molecule has 4 heteroatoms. The number of methoxy groups -OCH3 is 2. The molecule has 1 aliphatic heterocycles. The first kappa shape index (κ1) is 16.1. The van der Waals surface area contributed by atoms with E-state index >= 15 is 0 Å². The molecule has 1 heterocycles. The Balaban J connectivity index is 2.31. The van der Waals surface area contributed by atoms with Crippen LogP contribution in [0.1, 0.15) is 38.3 Å². The number of nitrogens with one attached hydrogen (secondary N) is 1. The van der Waals surface area contributed by atoms with Gasteiger partial charge in [0, 0.05) is 30.2 Å². The van der Waals surface area contributed by atoms with Crippen LogP contribution in [0.25, 0.3) is 0 Å². The molecular formula is C17H27NO3. The van der Waals surface area contributed by atoms with E-state index in [-0.39, 0.29) is 12.1 Å². The summed E-state index contributed by atoms with van der Waals surface area (Å²) in [5, 5.41) is 3.67. The summed E-state index contributed by atoms with van der Waals surface area (Å²) in [5.74, 6) is 2.17. The average Bonchev–Trinajstić information content (AvgIpc) is 2.94. The molecule has 1 fully saturated rings. The average molecular weight is 293 g/mol. The predicted molar refractivity (Wildman–Crippen MR) is 84.1 cm³/mol. The monoisotopic (exact) mass is 293 g/mol. The molecule has 1 N–H and O–H groups in total. The van der Waals surface area contributed by atoms with Crippen molar-refractivity contribution in [2.45, 2.75) is 38.8 Å². The lowest BCUT2D eigenvalue weighted by Gasteiger charge is -2.28. The molecule has 0 aliphatic carbocycles. The fourth-order valence-electron chi connectivity index (χ4n) is 3.05. The smallest absolute Gasteiger partial charge is 0.127 e. The first-order chi connectivity index (χ1) is 10.2. The fourth-order valence-corrected chi connectivity index (χ4v) is 3.05. The Kier molecular flexibility index (Phi) is 5.88. The van der Waals surface area contributed by atoms with Gasteiger partial charge in [-0.25, -0.2) is 0 Å². The van der Waals surface area contributed by atoms with Crippen molar-refractivity contribution < 1.29 is 14.2 Å². The van der Waals surface area contributed by atoms with Gasteiger partial charge in [-0.15, -0.1) is 0 Å². The first-order valence-corrected chi connectivity index (χ1v) is 7.78. The Morgan fingerprint density at radius 2 is 2.14 bits per heavy atom. The van der Waals surface area contributed by atoms with E-state index in [9.17, 15) is 0 Å². The third-order valence-electron chi connectivity index (χ3n) is 4.25. The standard InChI is InChI=1S/C17H27NO3/c1-5-9-18-17(14-8-10-21-12(14)2)15-7-6-13(19-3)11-16(15)20-4/h6-7,11-12,14,17-18H,5,8-10H2,1-4H3. The lowest BCUT2D eigenvalue weighted by atomic mass is 9.87. The van der Waals surface area contributed by atoms with Gasteiger partial charge in [0.05, 0.1) is 20.3 Å². The SMILES string of the molecule is CCCNC(c1ccc(OC)cc1OC)C1CCOC1C. The molecule has 1 saturated heterocycles. The van der Waals surface area contributed by atoms with E-state index in [4.69, 9.17) is 14.2 Å². The van der Waals surface area contributed by atoms with E-state index in [1.54, 1.807) is 14.2 Å². The van der Waals surface area contributed by atoms with Crippen LogP contribution in [0.2, 0.25) is 0 Å². The highest BCUT2D eigenvalue weighted by Crippen LogP contribution is 2.38. The van der Waals surface area contributed by atoms with Crippen LogP contribution in [-0.4, -0.2) is 33.5 Å². The van der Waals surface area contributed by atoms with Crippen LogP contribution in [-0.2, 0) is 4.74 Å². The maximum Gasteiger partial charge on any atom is 0.127 e. The highest BCUT2D eigenvalue weighted by Gasteiger charge is 2.34. The summed E-state index contributed by atoms with van der Waals surface area (Å²) in [4.78, 5) is 0. The topological polar surface area (TPSA) is 39.7 Å². The molecule has 3 atom stereocenters. The van der Waals surface area contributed by atoms with Gasteiger partial charge in [-0.05, 0) is 32.4 Å². The van der Waals surface area contributed by atoms with Crippen molar-refractivity contribution in [1.82, 2.24) is 5.32 Å². The van der Waals surface area contributed by atoms with Gasteiger partial charge < -0.3 is 19.5 Å². The fraction of sp³-hybridized carbons (Fsp3) is 0.647. The van der Waals surface area contributed by atoms with Gasteiger partial charge in [0.15, 0.2) is 0 Å². The molecule has 1 aliphatic rings. The molecule has 3 unspecified atom stereocenters. The van der Waals surface area contributed by atoms with E-state index in [2.05, 4.69) is 25.2 Å². The Morgan fingerprint density at radius 1 is 1.33 bits per heavy atom. The van der Waals surface area contributed by atoms with Gasteiger partial charge in [-0.2, -0.15) is 0 Å². The highest BCUT2D eigenvalue weighted by molar-refractivity contribution is 5.43. The number of benzene rings is 1. The minimum absolute atomic E-state index is 0.253. The number of rotatable bonds is 7. The minimum atomic E-state index is 0.253. The summed E-state index contributed by atoms with van der Waals surface area (Å²) in [6, 6.07) is 6.31. The molecule has 2 rings (SSSR count). The first-order valence-electron chi connectivity index (χ1n) is 7.78. The minimum Gasteiger partial charge on any atom is -0.497 e. The molecule has 1 aromatic carbocycles. The van der Waals surface area contributed by atoms with Gasteiger partial charge in [0.1, 0.15) is 11.5 Å². The molecule has 118 valence electrons. The molecule has 0 bridgehead atoms. The van der Waals surface area contributed by atoms with Crippen molar-refractivity contribution in [1.29, 1.82) is 0 Å². The van der Waals surface area contributed by atoms with Gasteiger partial charge >= 0.3 is 0 Å². The third-order valence-corrected chi connectivity index (χ3v) is 4.25. The summed E-state index contributed by atoms with van der Waals surface area (Å²) in [5.41, 5.74) is 1.19. The molecule has 0 aromatic heterocycles. The second kappa shape index (κ2) is 7.66. The Bertz CT molecular complexity index is 450. The number of ether oxygens (including phenoxy) is 3. The normalized spacial score (nSPS) is 23.0. The summed E-state index contributed by atoms with van der Waals surface area (Å²) in [6.45, 7) is 6.18. The van der Waals surface area contributed by atoms with E-state index in [0.717, 1.165) is 37.5 Å². The summed E-state index contributed by atoms with van der Waals surface area (Å²) < 4.78 is 16.6. The molecule has 1 aromatic rings. The third kappa shape index (κ3) is 3.69. The van der Waals surface area contributed by atoms with Gasteiger partial charge in [0.25, 0.3) is 0 Å². The lowest BCUT2D eigenvalue weighted by Crippen LogP contribution is -2.32. The highest BCUT2D eigenvalue weighted by atomic mass is 16.5. The zero-order chi connectivity index (χ0) is 15.2. The van der Waals surface area contributed by atoms with Gasteiger partial charge in [-0.3, -0.25) is 0 Å². The zero-order valence-electron chi connectivity index (χ0n) is 13.5. The lowest BCUT2D eigenvalue weighted by molar-refractivity contribution is 0.0950. The Morgan fingerprint density at radius 3 is 2.71 bits per heavy atom. The molecule has 0 spiro atoms. The zero-order valence-corrected chi connectivity index (χ0v) is 13.5. The largest absolute Gasteiger partial charge is 0.497 e. The Labute approximate surface area is 127 Å². The van der Waals surface area contributed by atoms with E-state index in [1.165, 1.54) is 5.56 Å². The van der Waals surface area contributed by atoms with Crippen molar-refractivity contribution in [2.24, 2.45) is 5.92 Å². The molecule has 0 amide bonds. The second-order valence-corrected chi connectivity index (χ2v) is 5.57. The van der Waals surface area contributed by atoms with E-state index < -0.39 is 0 Å². The van der Waals surface area contributed by atoms with Crippen LogP contribution in [0.4, 0.5) is 0 Å². The molecular weight excluding hydrogens is 266 g/mol. The molecule has 21 heavy (non-hydrogen) atoms. The van der Waals surface area contributed by atoms with Crippen LogP contribution < -0.4 is 14.8 Å². The van der Waals surface area contributed by atoms with Crippen LogP contribution in [0.5, 0.6) is 11.5 Å². The Hall–Kier alpha value is -1.26. The maximum absolute atomic E-state index is 5.76. The van der Waals surface area contributed by atoms with Gasteiger partial charge in [0.2, 0.25) is 0 Å². The maximum atomic E-state index is 5.76. The summed E-state index contributed by atoms with van der Waals surface area (Å²) in [7, 11) is 3.39. The number of hydrogen-bond donors (Lipinski definition) is 1. The van der Waals surface area contributed by atoms with E-state index in [1.807, 2.05) is 12.1 Å². The molecule has 0 saturated carbocycles. The van der Waals surface area contributed by atoms with Crippen LogP contribution in [0, 0.1) is 5.92 Å². The molecule has 4 nitrogen and oxygen atoms in total. The van der Waals surface area contributed by atoms with Crippen LogP contribution >= 0.6 is 0 Å². The van der Waals surface area contributed by atoms with Crippen LogP contribution in [0.15, 0.2) is 18.2 Å². The van der Waals surface area contributed by atoms with Crippen molar-refractivity contribution in [3.63, 3.8) is 0 Å².